The molecule has 0 aromatic heterocycles. The second kappa shape index (κ2) is 76.9. The van der Waals surface area contributed by atoms with Crippen LogP contribution < -0.4 is 0 Å². The molecule has 0 radical (unpaired) electrons. The molecule has 600 valence electrons. The zero-order valence-corrected chi connectivity index (χ0v) is 67.5. The second-order valence-electron chi connectivity index (χ2n) is 27.3. The van der Waals surface area contributed by atoms with Crippen molar-refractivity contribution in [3.8, 4) is 0 Å². The van der Waals surface area contributed by atoms with Crippen LogP contribution >= 0.6 is 15.6 Å². The van der Waals surface area contributed by atoms with Crippen LogP contribution in [0.15, 0.2) is 109 Å². The van der Waals surface area contributed by atoms with E-state index in [9.17, 15) is 43.2 Å². The summed E-state index contributed by atoms with van der Waals surface area (Å²) in [5.41, 5.74) is 0. The molecule has 0 aliphatic rings. The van der Waals surface area contributed by atoms with Gasteiger partial charge in [-0.25, -0.2) is 9.13 Å². The number of phosphoric ester groups is 2. The number of carbonyl (C=O) groups excluding carboxylic acids is 4. The lowest BCUT2D eigenvalue weighted by atomic mass is 10.0. The molecule has 0 aromatic rings. The predicted octanol–water partition coefficient (Wildman–Crippen LogP) is 24.1. The van der Waals surface area contributed by atoms with Crippen LogP contribution in [0, 0.1) is 0 Å². The highest BCUT2D eigenvalue weighted by Gasteiger charge is 2.30. The highest BCUT2D eigenvalue weighted by molar-refractivity contribution is 7.47. The third kappa shape index (κ3) is 75.9. The number of ether oxygens (including phenoxy) is 4. The molecule has 0 fully saturated rings. The van der Waals surface area contributed by atoms with Crippen LogP contribution in [0.4, 0.5) is 0 Å². The van der Waals surface area contributed by atoms with Gasteiger partial charge in [-0.05, 0) is 128 Å². The molecule has 0 saturated carbocycles. The fourth-order valence-electron chi connectivity index (χ4n) is 11.0. The fourth-order valence-corrected chi connectivity index (χ4v) is 12.5. The van der Waals surface area contributed by atoms with Gasteiger partial charge < -0.3 is 33.8 Å². The maximum atomic E-state index is 13.1. The van der Waals surface area contributed by atoms with E-state index >= 15 is 0 Å². The van der Waals surface area contributed by atoms with Crippen molar-refractivity contribution in [1.29, 1.82) is 0 Å². The molecule has 0 aliphatic heterocycles. The summed E-state index contributed by atoms with van der Waals surface area (Å²) >= 11 is 0. The molecule has 0 saturated heterocycles. The molecule has 0 heterocycles. The number of esters is 4. The monoisotopic (exact) mass is 1500 g/mol. The minimum atomic E-state index is -4.99. The van der Waals surface area contributed by atoms with E-state index in [1.807, 2.05) is 0 Å². The number of phosphoric acid groups is 2. The molecule has 104 heavy (non-hydrogen) atoms. The van der Waals surface area contributed by atoms with E-state index in [0.29, 0.717) is 25.7 Å². The number of hydrogen-bond donors (Lipinski definition) is 3. The fraction of sp³-hybridized carbons (Fsp3) is 0.741. The zero-order valence-electron chi connectivity index (χ0n) is 65.7. The van der Waals surface area contributed by atoms with Crippen LogP contribution in [0.25, 0.3) is 0 Å². The zero-order chi connectivity index (χ0) is 76.0. The van der Waals surface area contributed by atoms with Crippen LogP contribution in [0.5, 0.6) is 0 Å². The number of carbonyl (C=O) groups is 4. The summed E-state index contributed by atoms with van der Waals surface area (Å²) in [7, 11) is -9.97. The Morgan fingerprint density at radius 1 is 0.279 bits per heavy atom. The lowest BCUT2D eigenvalue weighted by molar-refractivity contribution is -0.161. The first-order valence-corrected chi connectivity index (χ1v) is 44.1. The Morgan fingerprint density at radius 2 is 0.519 bits per heavy atom. The van der Waals surface area contributed by atoms with Gasteiger partial charge in [-0.3, -0.25) is 37.3 Å². The Kier molecular flexibility index (Phi) is 73.7. The first-order valence-electron chi connectivity index (χ1n) is 41.1. The van der Waals surface area contributed by atoms with E-state index in [-0.39, 0.29) is 25.7 Å². The topological polar surface area (TPSA) is 237 Å². The van der Waals surface area contributed by atoms with Gasteiger partial charge in [0, 0.05) is 25.7 Å². The Labute approximate surface area is 632 Å². The van der Waals surface area contributed by atoms with Crippen molar-refractivity contribution in [3.63, 3.8) is 0 Å². The minimum Gasteiger partial charge on any atom is -0.462 e. The molecule has 5 unspecified atom stereocenters. The summed E-state index contributed by atoms with van der Waals surface area (Å²) < 4.78 is 68.7. The van der Waals surface area contributed by atoms with Crippen molar-refractivity contribution in [2.45, 2.75) is 367 Å². The lowest BCUT2D eigenvalue weighted by Gasteiger charge is -2.21. The third-order valence-electron chi connectivity index (χ3n) is 17.2. The summed E-state index contributed by atoms with van der Waals surface area (Å²) in [6.45, 7) is 4.66. The van der Waals surface area contributed by atoms with Gasteiger partial charge in [-0.15, -0.1) is 0 Å². The molecule has 0 bridgehead atoms. The number of allylic oxidation sites excluding steroid dienone is 18. The van der Waals surface area contributed by atoms with E-state index in [0.717, 1.165) is 180 Å². The molecule has 5 atom stereocenters. The average Bonchev–Trinajstić information content (AvgIpc) is 0.917. The van der Waals surface area contributed by atoms with Gasteiger partial charge in [0.25, 0.3) is 0 Å². The number of unbranched alkanes of at least 4 members (excludes halogenated alkanes) is 33. The highest BCUT2D eigenvalue weighted by Crippen LogP contribution is 2.45. The van der Waals surface area contributed by atoms with Gasteiger partial charge in [0.1, 0.15) is 19.3 Å². The Morgan fingerprint density at radius 3 is 0.827 bits per heavy atom. The molecule has 3 N–H and O–H groups in total. The number of aliphatic hydroxyl groups excluding tert-OH is 1. The van der Waals surface area contributed by atoms with Crippen molar-refractivity contribution >= 4 is 39.5 Å². The van der Waals surface area contributed by atoms with Crippen molar-refractivity contribution in [2.75, 3.05) is 39.6 Å². The maximum Gasteiger partial charge on any atom is 0.472 e. The third-order valence-corrected chi connectivity index (χ3v) is 19.1. The summed E-state index contributed by atoms with van der Waals surface area (Å²) in [4.78, 5) is 73.1. The Bertz CT molecular complexity index is 2390. The summed E-state index contributed by atoms with van der Waals surface area (Å²) in [5, 5.41) is 10.6. The Balaban J connectivity index is 5.38. The van der Waals surface area contributed by atoms with Crippen LogP contribution in [-0.2, 0) is 65.4 Å². The van der Waals surface area contributed by atoms with Crippen LogP contribution in [0.3, 0.4) is 0 Å². The second-order valence-corrected chi connectivity index (χ2v) is 30.2. The van der Waals surface area contributed by atoms with Gasteiger partial charge >= 0.3 is 39.5 Å². The molecule has 17 nitrogen and oxygen atoms in total. The molecule has 0 aromatic carbocycles. The molecule has 0 aliphatic carbocycles. The van der Waals surface area contributed by atoms with Crippen LogP contribution in [0.1, 0.15) is 349 Å². The summed E-state index contributed by atoms with van der Waals surface area (Å²) in [5.74, 6) is -2.21. The first kappa shape index (κ1) is 99.7. The van der Waals surface area contributed by atoms with Gasteiger partial charge in [0.05, 0.1) is 26.4 Å². The number of hydrogen-bond acceptors (Lipinski definition) is 15. The van der Waals surface area contributed by atoms with E-state index in [1.54, 1.807) is 0 Å². The number of rotatable bonds is 77. The molecule has 0 spiro atoms. The quantitative estimate of drug-likeness (QED) is 0.0169. The molecule has 19 heteroatoms. The van der Waals surface area contributed by atoms with Crippen molar-refractivity contribution in [1.82, 2.24) is 0 Å². The highest BCUT2D eigenvalue weighted by atomic mass is 31.2. The van der Waals surface area contributed by atoms with Gasteiger partial charge in [-0.2, -0.15) is 0 Å². The van der Waals surface area contributed by atoms with E-state index in [1.165, 1.54) is 89.9 Å². The van der Waals surface area contributed by atoms with Crippen molar-refractivity contribution in [2.24, 2.45) is 0 Å². The van der Waals surface area contributed by atoms with Crippen LogP contribution in [-0.4, -0.2) is 96.7 Å². The maximum absolute atomic E-state index is 13.1. The minimum absolute atomic E-state index is 0.0626. The normalized spacial score (nSPS) is 14.4. The van der Waals surface area contributed by atoms with Gasteiger partial charge in [0.2, 0.25) is 0 Å². The average molecular weight is 1500 g/mol. The Hall–Kier alpha value is -4.28. The van der Waals surface area contributed by atoms with Crippen molar-refractivity contribution in [3.05, 3.63) is 109 Å². The summed E-state index contributed by atoms with van der Waals surface area (Å²) in [6, 6.07) is 0. The van der Waals surface area contributed by atoms with E-state index in [4.69, 9.17) is 37.0 Å². The molecule has 0 rings (SSSR count). The predicted molar refractivity (Wildman–Crippen MR) is 427 cm³/mol. The first-order chi connectivity index (χ1) is 50.7. The van der Waals surface area contributed by atoms with Gasteiger partial charge in [-0.1, -0.05) is 304 Å². The SMILES string of the molecule is CC/C=C\C/C=C\C/C=C\C/C=C\CCCCCCC(=O)OC(COC(=O)CCCCCCCC/C=C\C/C=C\C/C=C\CCCCC)COP(=O)(O)OCC(O)COP(=O)(O)OCC(COC(=O)CCCCCCCCCCCCCCCCC)OC(=O)CCCCCCC/C=C\C/C=C\CCC. The number of aliphatic hydroxyl groups is 1. The summed E-state index contributed by atoms with van der Waals surface area (Å²) in [6.07, 6.45) is 83.4. The molecule has 0 amide bonds. The largest absolute Gasteiger partial charge is 0.472 e. The molecular weight excluding hydrogens is 1350 g/mol. The van der Waals surface area contributed by atoms with E-state index < -0.39 is 97.5 Å². The smallest absolute Gasteiger partial charge is 0.462 e. The van der Waals surface area contributed by atoms with Crippen molar-refractivity contribution < 1.29 is 80.2 Å². The standard InChI is InChI=1S/C85H148O17P2/c1-5-9-13-17-21-25-29-33-36-38-39-41-43-47-50-54-58-62-66-70-83(88)96-76-81(102-85(90)72-68-64-60-56-52-48-44-40-37-34-30-26-22-18-14-10-6-2)78-100-104(93,94)98-74-79(86)73-97-103(91,92)99-77-80(101-84(89)71-67-63-59-55-51-45-32-28-24-20-16-12-8-4)75-95-82(87)69-65-61-57-53-49-46-42-35-31-27-23-19-15-11-7-3/h10,14,16,20-22,25-26,28,32-34,36-37,39,41,44,48,79-81,86H,5-9,11-13,15,17-19,23-24,27,29-31,35,38,40,42-43,45-47,49-78H2,1-4H3,(H,91,92)(H,93,94)/b14-10-,20-16-,25-21-,26-22-,32-28-,36-33-,37-34-,41-39-,48-44-. The van der Waals surface area contributed by atoms with Gasteiger partial charge in [0.15, 0.2) is 12.2 Å². The lowest BCUT2D eigenvalue weighted by Crippen LogP contribution is -2.30. The van der Waals surface area contributed by atoms with E-state index in [2.05, 4.69) is 137 Å². The molecular formula is C85H148O17P2. The van der Waals surface area contributed by atoms with Crippen LogP contribution in [0.2, 0.25) is 0 Å².